The molecule has 10 heteroatoms. The SMILES string of the molecule is CCCCCC/C=C/CCCCCCCC(=O)C(OP(=O)(O)OCC[N+](C)(C)C)(C(=O)CCCCCCC/C=C/CCCCCC)[C@@H](O)CO. The minimum Gasteiger partial charge on any atom is -0.394 e. The fourth-order valence-corrected chi connectivity index (χ4v) is 6.89. The summed E-state index contributed by atoms with van der Waals surface area (Å²) in [6.45, 7) is 3.66. The number of likely N-dealkylation sites (N-methyl/N-ethyl adjacent to an activating group) is 1. The standard InChI is InChI=1S/C40H76NO8P/c1-6-8-10-12-14-16-18-20-22-24-26-28-30-32-37(43)40(39(45)36-42,49-50(46,47)48-35-34-41(3,4)5)38(44)33-31-29-27-25-23-21-19-17-15-13-11-9-7-2/h16-19,39,42,45H,6-15,20-36H2,1-5H3/p+1/b18-16+,19-17+/t39-/m0/s1. The Bertz CT molecular complexity index is 913. The molecule has 1 unspecified atom stereocenters. The van der Waals surface area contributed by atoms with Crippen molar-refractivity contribution in [3.63, 3.8) is 0 Å². The van der Waals surface area contributed by atoms with Crippen molar-refractivity contribution < 1.29 is 42.8 Å². The molecule has 0 aromatic rings. The molecule has 0 amide bonds. The van der Waals surface area contributed by atoms with E-state index in [2.05, 4.69) is 38.2 Å². The molecular weight excluding hydrogens is 653 g/mol. The molecule has 0 rings (SSSR count). The summed E-state index contributed by atoms with van der Waals surface area (Å²) >= 11 is 0. The third-order valence-electron chi connectivity index (χ3n) is 9.08. The maximum atomic E-state index is 13.7. The zero-order chi connectivity index (χ0) is 37.6. The number of rotatable bonds is 36. The van der Waals surface area contributed by atoms with E-state index < -0.39 is 37.7 Å². The van der Waals surface area contributed by atoms with Gasteiger partial charge >= 0.3 is 7.82 Å². The van der Waals surface area contributed by atoms with Gasteiger partial charge in [0.15, 0.2) is 11.6 Å². The predicted molar refractivity (Wildman–Crippen MR) is 206 cm³/mol. The first-order valence-electron chi connectivity index (χ1n) is 20.0. The van der Waals surface area contributed by atoms with Crippen LogP contribution in [0.1, 0.15) is 168 Å². The van der Waals surface area contributed by atoms with Gasteiger partial charge in [0.2, 0.25) is 5.60 Å². The zero-order valence-corrected chi connectivity index (χ0v) is 33.7. The van der Waals surface area contributed by atoms with Crippen molar-refractivity contribution >= 4 is 19.4 Å². The summed E-state index contributed by atoms with van der Waals surface area (Å²) in [5.41, 5.74) is -2.67. The molecule has 0 aromatic heterocycles. The molecular formula is C40H77NO8P+. The van der Waals surface area contributed by atoms with Crippen molar-refractivity contribution in [1.29, 1.82) is 0 Å². The Hall–Kier alpha value is -1.19. The average Bonchev–Trinajstić information content (AvgIpc) is 3.06. The highest BCUT2D eigenvalue weighted by atomic mass is 31.2. The molecule has 0 aromatic carbocycles. The Morgan fingerprint density at radius 3 is 1.38 bits per heavy atom. The second kappa shape index (κ2) is 30.3. The van der Waals surface area contributed by atoms with Crippen molar-refractivity contribution in [2.45, 2.75) is 180 Å². The number of aliphatic hydroxyl groups excluding tert-OH is 2. The predicted octanol–water partition coefficient (Wildman–Crippen LogP) is 9.57. The van der Waals surface area contributed by atoms with E-state index in [1.807, 2.05) is 21.1 Å². The van der Waals surface area contributed by atoms with Gasteiger partial charge in [-0.05, 0) is 64.2 Å². The molecule has 50 heavy (non-hydrogen) atoms. The van der Waals surface area contributed by atoms with Gasteiger partial charge in [0.05, 0.1) is 27.7 Å². The first kappa shape index (κ1) is 48.8. The van der Waals surface area contributed by atoms with Gasteiger partial charge in [-0.25, -0.2) is 4.57 Å². The highest BCUT2D eigenvalue weighted by Crippen LogP contribution is 2.49. The summed E-state index contributed by atoms with van der Waals surface area (Å²) in [5.74, 6) is -1.58. The summed E-state index contributed by atoms with van der Waals surface area (Å²) in [5, 5.41) is 20.9. The van der Waals surface area contributed by atoms with Gasteiger partial charge in [-0.3, -0.25) is 18.6 Å². The average molecular weight is 731 g/mol. The van der Waals surface area contributed by atoms with Gasteiger partial charge in [-0.15, -0.1) is 0 Å². The molecule has 0 spiro atoms. The highest BCUT2D eigenvalue weighted by Gasteiger charge is 2.55. The molecule has 0 aliphatic heterocycles. The van der Waals surface area contributed by atoms with Gasteiger partial charge in [-0.1, -0.05) is 115 Å². The van der Waals surface area contributed by atoms with Crippen LogP contribution in [0.3, 0.4) is 0 Å². The molecule has 0 radical (unpaired) electrons. The Labute approximate surface area is 306 Å². The van der Waals surface area contributed by atoms with Crippen LogP contribution in [0.5, 0.6) is 0 Å². The number of quaternary nitrogens is 1. The van der Waals surface area contributed by atoms with Crippen LogP contribution in [0.4, 0.5) is 0 Å². The van der Waals surface area contributed by atoms with Crippen LogP contribution in [-0.2, 0) is 23.2 Å². The molecule has 0 bridgehead atoms. The number of phosphoric acid groups is 1. The number of hydrogen-bond donors (Lipinski definition) is 3. The largest absolute Gasteiger partial charge is 0.473 e. The fraction of sp³-hybridized carbons (Fsp3) is 0.850. The Kier molecular flexibility index (Phi) is 29.6. The third-order valence-corrected chi connectivity index (χ3v) is 10.1. The first-order valence-corrected chi connectivity index (χ1v) is 21.5. The second-order valence-corrected chi connectivity index (χ2v) is 16.3. The lowest BCUT2D eigenvalue weighted by atomic mass is 9.82. The minimum atomic E-state index is -4.95. The Balaban J connectivity index is 5.16. The molecule has 294 valence electrons. The maximum Gasteiger partial charge on any atom is 0.473 e. The Morgan fingerprint density at radius 2 is 1.02 bits per heavy atom. The summed E-state index contributed by atoms with van der Waals surface area (Å²) in [4.78, 5) is 38.1. The van der Waals surface area contributed by atoms with E-state index in [0.717, 1.165) is 77.0 Å². The van der Waals surface area contributed by atoms with Crippen molar-refractivity contribution in [2.75, 3.05) is 40.9 Å². The van der Waals surface area contributed by atoms with Crippen LogP contribution < -0.4 is 0 Å². The normalized spacial score (nSPS) is 14.5. The monoisotopic (exact) mass is 731 g/mol. The smallest absolute Gasteiger partial charge is 0.394 e. The molecule has 3 N–H and O–H groups in total. The van der Waals surface area contributed by atoms with E-state index in [4.69, 9.17) is 9.05 Å². The number of hydrogen-bond acceptors (Lipinski definition) is 7. The lowest BCUT2D eigenvalue weighted by molar-refractivity contribution is -0.870. The number of carbonyl (C=O) groups excluding carboxylic acids is 2. The summed E-state index contributed by atoms with van der Waals surface area (Å²) < 4.78 is 24.1. The van der Waals surface area contributed by atoms with Crippen LogP contribution in [0.15, 0.2) is 24.3 Å². The van der Waals surface area contributed by atoms with Crippen LogP contribution in [0, 0.1) is 0 Å². The topological polar surface area (TPSA) is 130 Å². The van der Waals surface area contributed by atoms with Crippen LogP contribution >= 0.6 is 7.82 Å². The van der Waals surface area contributed by atoms with E-state index in [-0.39, 0.29) is 19.4 Å². The molecule has 0 heterocycles. The number of unbranched alkanes of at least 4 members (excludes halogenated alkanes) is 18. The maximum absolute atomic E-state index is 13.7. The molecule has 9 nitrogen and oxygen atoms in total. The molecule has 0 aliphatic rings. The lowest BCUT2D eigenvalue weighted by Crippen LogP contribution is -2.58. The number of ketones is 2. The van der Waals surface area contributed by atoms with Crippen LogP contribution in [0.2, 0.25) is 0 Å². The van der Waals surface area contributed by atoms with Gasteiger partial charge in [-0.2, -0.15) is 0 Å². The van der Waals surface area contributed by atoms with E-state index in [1.165, 1.54) is 51.4 Å². The van der Waals surface area contributed by atoms with Crippen molar-refractivity contribution in [1.82, 2.24) is 0 Å². The van der Waals surface area contributed by atoms with Crippen LogP contribution in [-0.4, -0.2) is 83.8 Å². The van der Waals surface area contributed by atoms with Gasteiger partial charge in [0.1, 0.15) is 19.3 Å². The van der Waals surface area contributed by atoms with Crippen molar-refractivity contribution in [3.05, 3.63) is 24.3 Å². The molecule has 0 aliphatic carbocycles. The second-order valence-electron chi connectivity index (χ2n) is 14.9. The number of allylic oxidation sites excluding steroid dienone is 4. The van der Waals surface area contributed by atoms with Gasteiger partial charge < -0.3 is 19.6 Å². The minimum absolute atomic E-state index is 0.120. The third kappa shape index (κ3) is 24.9. The van der Waals surface area contributed by atoms with Crippen LogP contribution in [0.25, 0.3) is 0 Å². The number of aliphatic hydroxyl groups is 2. The zero-order valence-electron chi connectivity index (χ0n) is 32.8. The van der Waals surface area contributed by atoms with E-state index >= 15 is 0 Å². The molecule has 2 atom stereocenters. The molecule has 0 saturated carbocycles. The first-order chi connectivity index (χ1) is 23.9. The van der Waals surface area contributed by atoms with E-state index in [1.54, 1.807) is 0 Å². The molecule has 0 fully saturated rings. The number of Topliss-reactive ketones (excluding diaryl/α,β-unsaturated/α-hetero) is 2. The summed E-state index contributed by atoms with van der Waals surface area (Å²) in [6.07, 6.45) is 29.5. The van der Waals surface area contributed by atoms with Crippen molar-refractivity contribution in [2.24, 2.45) is 0 Å². The lowest BCUT2D eigenvalue weighted by Gasteiger charge is -2.35. The summed E-state index contributed by atoms with van der Waals surface area (Å²) in [6, 6.07) is 0. The highest BCUT2D eigenvalue weighted by molar-refractivity contribution is 7.47. The fourth-order valence-electron chi connectivity index (χ4n) is 5.83. The molecule has 0 saturated heterocycles. The van der Waals surface area contributed by atoms with Gasteiger partial charge in [0, 0.05) is 12.8 Å². The van der Waals surface area contributed by atoms with E-state index in [0.29, 0.717) is 23.9 Å². The quantitative estimate of drug-likeness (QED) is 0.0191. The number of carbonyl (C=O) groups is 2. The number of phosphoric ester groups is 1. The Morgan fingerprint density at radius 1 is 0.660 bits per heavy atom. The number of nitrogens with zero attached hydrogens (tertiary/aromatic N) is 1. The summed E-state index contributed by atoms with van der Waals surface area (Å²) in [7, 11) is 0.707. The van der Waals surface area contributed by atoms with E-state index in [9.17, 15) is 29.3 Å². The van der Waals surface area contributed by atoms with Crippen molar-refractivity contribution in [3.8, 4) is 0 Å². The van der Waals surface area contributed by atoms with Gasteiger partial charge in [0.25, 0.3) is 0 Å².